The van der Waals surface area contributed by atoms with Crippen LogP contribution < -0.4 is 5.43 Å². The number of benzene rings is 2. The number of fused-ring (bicyclic) bond motifs is 2. The average molecular weight is 444 g/mol. The molecular weight excluding hydrogens is 424 g/mol. The number of carboxylic acids is 1. The standard InChI is InChI=1S/C26H20O7/c1-3-32-14(2)22(29)11-15-4-7-18(21(10-15)26(30)31)25-19-8-5-16(27)12-23(19)33-24-13-17(28)6-9-20(24)25/h4-5,7-8,10,12-14,27H,3,11H2,1-2H3,(H,30,31). The van der Waals surface area contributed by atoms with Crippen LogP contribution in [0.3, 0.4) is 0 Å². The van der Waals surface area contributed by atoms with Gasteiger partial charge in [-0.2, -0.15) is 0 Å². The molecule has 0 radical (unpaired) electrons. The zero-order chi connectivity index (χ0) is 23.7. The van der Waals surface area contributed by atoms with Gasteiger partial charge in [-0.1, -0.05) is 18.2 Å². The smallest absolute Gasteiger partial charge is 0.336 e. The molecule has 0 aromatic heterocycles. The largest absolute Gasteiger partial charge is 0.508 e. The fraction of sp³-hybridized carbons (Fsp3) is 0.192. The maximum absolute atomic E-state index is 12.4. The normalized spacial score (nSPS) is 11.9. The topological polar surface area (TPSA) is 114 Å². The second-order valence-electron chi connectivity index (χ2n) is 7.58. The van der Waals surface area contributed by atoms with E-state index in [2.05, 4.69) is 12.1 Å². The van der Waals surface area contributed by atoms with Crippen LogP contribution in [0, 0.1) is 12.1 Å². The van der Waals surface area contributed by atoms with Crippen molar-refractivity contribution in [3.63, 3.8) is 0 Å². The van der Waals surface area contributed by atoms with Gasteiger partial charge in [0.25, 0.3) is 0 Å². The second-order valence-corrected chi connectivity index (χ2v) is 7.58. The van der Waals surface area contributed by atoms with Gasteiger partial charge in [0, 0.05) is 36.1 Å². The van der Waals surface area contributed by atoms with Crippen LogP contribution in [0.15, 0.2) is 51.7 Å². The van der Waals surface area contributed by atoms with Gasteiger partial charge in [-0.05, 0) is 49.2 Å². The number of hydrogen-bond donors (Lipinski definition) is 2. The lowest BCUT2D eigenvalue weighted by atomic mass is 9.90. The van der Waals surface area contributed by atoms with Crippen molar-refractivity contribution in [3.05, 3.63) is 75.9 Å². The van der Waals surface area contributed by atoms with Crippen LogP contribution in [0.2, 0.25) is 0 Å². The number of carbonyl (C=O) groups is 2. The van der Waals surface area contributed by atoms with E-state index in [1.165, 1.54) is 24.3 Å². The number of carbonyl (C=O) groups excluding carboxylic acids is 1. The number of phenolic OH excluding ortho intramolecular Hbond substituents is 1. The summed E-state index contributed by atoms with van der Waals surface area (Å²) in [5, 5.41) is 20.4. The molecule has 1 heterocycles. The Hall–Kier alpha value is -4.15. The SMILES string of the molecule is CCOC(C)C(=O)Cc1ccc(-c2c3c#cc(=O)cc-3oc3cc(O)ccc23)c(C(=O)O)c1. The van der Waals surface area contributed by atoms with Gasteiger partial charge in [0.1, 0.15) is 23.2 Å². The molecule has 0 amide bonds. The molecule has 1 aliphatic heterocycles. The van der Waals surface area contributed by atoms with Crippen molar-refractivity contribution in [2.24, 2.45) is 0 Å². The van der Waals surface area contributed by atoms with Crippen molar-refractivity contribution >= 4 is 22.7 Å². The van der Waals surface area contributed by atoms with Crippen LogP contribution in [-0.4, -0.2) is 34.7 Å². The zero-order valence-electron chi connectivity index (χ0n) is 18.0. The van der Waals surface area contributed by atoms with Crippen LogP contribution in [0.5, 0.6) is 5.75 Å². The van der Waals surface area contributed by atoms with Crippen LogP contribution >= 0.6 is 0 Å². The summed E-state index contributed by atoms with van der Waals surface area (Å²) in [6, 6.07) is 15.7. The molecule has 2 aromatic carbocycles. The Morgan fingerprint density at radius 3 is 2.64 bits per heavy atom. The summed E-state index contributed by atoms with van der Waals surface area (Å²) in [7, 11) is 0. The molecule has 2 N–H and O–H groups in total. The molecule has 0 bridgehead atoms. The Morgan fingerprint density at radius 2 is 1.91 bits per heavy atom. The minimum Gasteiger partial charge on any atom is -0.508 e. The van der Waals surface area contributed by atoms with E-state index in [0.29, 0.717) is 34.2 Å². The van der Waals surface area contributed by atoms with Crippen LogP contribution in [0.25, 0.3) is 33.4 Å². The maximum atomic E-state index is 12.4. The van der Waals surface area contributed by atoms with Gasteiger partial charge in [-0.25, -0.2) is 4.79 Å². The van der Waals surface area contributed by atoms with Crippen molar-refractivity contribution in [3.8, 4) is 28.2 Å². The first-order valence-electron chi connectivity index (χ1n) is 10.3. The molecule has 33 heavy (non-hydrogen) atoms. The molecule has 2 aromatic rings. The summed E-state index contributed by atoms with van der Waals surface area (Å²) < 4.78 is 11.1. The second kappa shape index (κ2) is 8.77. The van der Waals surface area contributed by atoms with Crippen molar-refractivity contribution in [1.29, 1.82) is 0 Å². The highest BCUT2D eigenvalue weighted by Crippen LogP contribution is 2.41. The number of aromatic hydroxyl groups is 1. The molecule has 0 saturated carbocycles. The Bertz CT molecular complexity index is 1400. The summed E-state index contributed by atoms with van der Waals surface area (Å²) in [5.74, 6) is -1.19. The van der Waals surface area contributed by atoms with E-state index in [9.17, 15) is 24.6 Å². The van der Waals surface area contributed by atoms with Gasteiger partial charge in [-0.3, -0.25) is 9.59 Å². The van der Waals surface area contributed by atoms with Crippen molar-refractivity contribution in [1.82, 2.24) is 0 Å². The van der Waals surface area contributed by atoms with Gasteiger partial charge in [0.05, 0.1) is 11.1 Å². The summed E-state index contributed by atoms with van der Waals surface area (Å²) in [4.78, 5) is 36.4. The third kappa shape index (κ3) is 4.29. The Morgan fingerprint density at radius 1 is 1.12 bits per heavy atom. The molecule has 0 saturated heterocycles. The van der Waals surface area contributed by atoms with Gasteiger partial charge >= 0.3 is 5.97 Å². The number of phenols is 1. The number of hydrogen-bond acceptors (Lipinski definition) is 6. The highest BCUT2D eigenvalue weighted by molar-refractivity contribution is 6.07. The Kier molecular flexibility index (Phi) is 5.86. The number of ether oxygens (including phenoxy) is 1. The first-order valence-corrected chi connectivity index (χ1v) is 10.3. The maximum Gasteiger partial charge on any atom is 0.336 e. The van der Waals surface area contributed by atoms with Crippen molar-refractivity contribution in [2.75, 3.05) is 6.61 Å². The van der Waals surface area contributed by atoms with E-state index >= 15 is 0 Å². The lowest BCUT2D eigenvalue weighted by Gasteiger charge is -2.16. The third-order valence-electron chi connectivity index (χ3n) is 5.36. The molecule has 166 valence electrons. The molecule has 0 spiro atoms. The highest BCUT2D eigenvalue weighted by atomic mass is 16.5. The average Bonchev–Trinajstić information content (AvgIpc) is 2.77. The van der Waals surface area contributed by atoms with Gasteiger partial charge in [0.15, 0.2) is 5.78 Å². The Labute approximate surface area is 189 Å². The lowest BCUT2D eigenvalue weighted by Crippen LogP contribution is -2.22. The summed E-state index contributed by atoms with van der Waals surface area (Å²) in [6.45, 7) is 3.86. The highest BCUT2D eigenvalue weighted by Gasteiger charge is 2.23. The molecule has 4 rings (SSSR count). The molecule has 2 aliphatic rings. The number of carboxylic acid groups (broad SMARTS) is 1. The monoisotopic (exact) mass is 444 g/mol. The van der Waals surface area contributed by atoms with Gasteiger partial charge in [0.2, 0.25) is 5.43 Å². The zero-order valence-corrected chi connectivity index (χ0v) is 18.0. The predicted molar refractivity (Wildman–Crippen MR) is 121 cm³/mol. The molecule has 0 fully saturated rings. The third-order valence-corrected chi connectivity index (χ3v) is 5.36. The van der Waals surface area contributed by atoms with Crippen molar-refractivity contribution < 1.29 is 29.0 Å². The minimum absolute atomic E-state index is 0.0224. The van der Waals surface area contributed by atoms with E-state index in [1.807, 2.05) is 0 Å². The van der Waals surface area contributed by atoms with Crippen LogP contribution in [0.4, 0.5) is 0 Å². The van der Waals surface area contributed by atoms with Crippen LogP contribution in [-0.2, 0) is 16.0 Å². The first-order chi connectivity index (χ1) is 15.8. The summed E-state index contributed by atoms with van der Waals surface area (Å²) >= 11 is 0. The number of aromatic carboxylic acids is 1. The molecular formula is C26H20O7. The number of ketones is 1. The summed E-state index contributed by atoms with van der Waals surface area (Å²) in [6.07, 6.45) is -0.564. The molecule has 7 heteroatoms. The van der Waals surface area contributed by atoms with E-state index in [0.717, 1.165) is 0 Å². The number of Topliss-reactive ketones (excluding diaryl/α,β-unsaturated/α-hetero) is 1. The lowest BCUT2D eigenvalue weighted by molar-refractivity contribution is -0.128. The van der Waals surface area contributed by atoms with Gasteiger partial charge < -0.3 is 19.4 Å². The van der Waals surface area contributed by atoms with Gasteiger partial charge in [-0.15, -0.1) is 0 Å². The molecule has 1 unspecified atom stereocenters. The summed E-state index contributed by atoms with van der Waals surface area (Å²) in [5.41, 5.74) is 1.56. The van der Waals surface area contributed by atoms with Crippen molar-refractivity contribution in [2.45, 2.75) is 26.4 Å². The predicted octanol–water partition coefficient (Wildman–Crippen LogP) is 4.11. The molecule has 1 aliphatic carbocycles. The molecule has 7 nitrogen and oxygen atoms in total. The van der Waals surface area contributed by atoms with Crippen LogP contribution in [0.1, 0.15) is 29.8 Å². The molecule has 1 atom stereocenters. The first kappa shape index (κ1) is 22.1. The van der Waals surface area contributed by atoms with E-state index < -0.39 is 17.5 Å². The van der Waals surface area contributed by atoms with E-state index in [-0.39, 0.29) is 34.9 Å². The minimum atomic E-state index is -1.18. The van der Waals surface area contributed by atoms with E-state index in [1.54, 1.807) is 32.0 Å². The van der Waals surface area contributed by atoms with E-state index in [4.69, 9.17) is 9.15 Å². The Balaban J connectivity index is 1.93. The number of rotatable bonds is 7. The fourth-order valence-corrected chi connectivity index (χ4v) is 3.80. The quantitative estimate of drug-likeness (QED) is 0.441. The fourth-order valence-electron chi connectivity index (χ4n) is 3.80.